The van der Waals surface area contributed by atoms with Crippen molar-refractivity contribution < 1.29 is 22.5 Å². The van der Waals surface area contributed by atoms with Crippen LogP contribution in [0.1, 0.15) is 12.0 Å². The van der Waals surface area contributed by atoms with Gasteiger partial charge in [0.25, 0.3) is 0 Å². The number of rotatable bonds is 7. The molecule has 0 radical (unpaired) electrons. The molecule has 1 aliphatic heterocycles. The highest BCUT2D eigenvalue weighted by molar-refractivity contribution is 7.99. The fraction of sp³-hybridized carbons (Fsp3) is 0.462. The first-order valence-electron chi connectivity index (χ1n) is 6.64. The minimum atomic E-state index is -4.23. The van der Waals surface area contributed by atoms with Gasteiger partial charge in [-0.3, -0.25) is 9.35 Å². The van der Waals surface area contributed by atoms with Crippen LogP contribution in [0, 0.1) is 0 Å². The summed E-state index contributed by atoms with van der Waals surface area (Å²) in [5.74, 6) is 1.35. The van der Waals surface area contributed by atoms with Crippen LogP contribution in [0.15, 0.2) is 24.3 Å². The van der Waals surface area contributed by atoms with Crippen LogP contribution in [0.2, 0.25) is 0 Å². The average molecular weight is 346 g/mol. The van der Waals surface area contributed by atoms with Gasteiger partial charge in [-0.25, -0.2) is 0 Å². The minimum absolute atomic E-state index is 0.00975. The summed E-state index contributed by atoms with van der Waals surface area (Å²) in [5, 5.41) is 2.49. The number of methoxy groups -OCH3 is 1. The topological polar surface area (TPSA) is 105 Å². The molecule has 0 aromatic heterocycles. The second-order valence-electron chi connectivity index (χ2n) is 4.91. The summed E-state index contributed by atoms with van der Waals surface area (Å²) in [6, 6.07) is 7.31. The largest absolute Gasteiger partial charge is 0.497 e. The van der Waals surface area contributed by atoms with E-state index in [0.29, 0.717) is 12.2 Å². The van der Waals surface area contributed by atoms with E-state index in [2.05, 4.69) is 5.32 Å². The standard InChI is InChI=1S/C13H18N2O5S2/c1-20-11-4-2-9(3-5-11)8-21-12-6-10(15-13(12)16)7-14-22(17,18)19/h2-5,10,12,14H,6-8H2,1H3,(H,15,16)(H,17,18,19)/t10-,12-/m0/s1. The number of carbonyl (C=O) groups excluding carboxylic acids is 1. The summed E-state index contributed by atoms with van der Waals surface area (Å²) in [7, 11) is -2.62. The smallest absolute Gasteiger partial charge is 0.333 e. The molecule has 7 nitrogen and oxygen atoms in total. The summed E-state index contributed by atoms with van der Waals surface area (Å²) in [4.78, 5) is 11.8. The highest BCUT2D eigenvalue weighted by atomic mass is 32.2. The number of amides is 1. The zero-order valence-corrected chi connectivity index (χ0v) is 13.6. The number of nitrogens with one attached hydrogen (secondary N) is 2. The minimum Gasteiger partial charge on any atom is -0.497 e. The zero-order valence-electron chi connectivity index (χ0n) is 12.0. The molecule has 1 amide bonds. The maximum atomic E-state index is 11.8. The van der Waals surface area contributed by atoms with Crippen LogP contribution in [-0.4, -0.2) is 43.8 Å². The van der Waals surface area contributed by atoms with Gasteiger partial charge < -0.3 is 10.1 Å². The predicted molar refractivity (Wildman–Crippen MR) is 84.2 cm³/mol. The highest BCUT2D eigenvalue weighted by Gasteiger charge is 2.32. The van der Waals surface area contributed by atoms with Gasteiger partial charge >= 0.3 is 10.3 Å². The summed E-state index contributed by atoms with van der Waals surface area (Å²) in [5.41, 5.74) is 1.08. The third kappa shape index (κ3) is 5.16. The molecule has 0 aliphatic carbocycles. The van der Waals surface area contributed by atoms with Crippen molar-refractivity contribution in [1.82, 2.24) is 10.0 Å². The summed E-state index contributed by atoms with van der Waals surface area (Å²) in [6.45, 7) is -0.00975. The van der Waals surface area contributed by atoms with E-state index in [1.54, 1.807) is 7.11 Å². The summed E-state index contributed by atoms with van der Waals surface area (Å²) < 4.78 is 37.0. The molecule has 0 unspecified atom stereocenters. The quantitative estimate of drug-likeness (QED) is 0.624. The molecule has 122 valence electrons. The summed E-state index contributed by atoms with van der Waals surface area (Å²) in [6.07, 6.45) is 0.516. The van der Waals surface area contributed by atoms with Gasteiger partial charge in [0.2, 0.25) is 5.91 Å². The Morgan fingerprint density at radius 2 is 2.09 bits per heavy atom. The average Bonchev–Trinajstić information content (AvgIpc) is 2.83. The van der Waals surface area contributed by atoms with Crippen molar-refractivity contribution >= 4 is 28.0 Å². The lowest BCUT2D eigenvalue weighted by Gasteiger charge is -2.09. The van der Waals surface area contributed by atoms with Gasteiger partial charge in [-0.15, -0.1) is 11.8 Å². The first-order chi connectivity index (χ1) is 10.4. The van der Waals surface area contributed by atoms with E-state index >= 15 is 0 Å². The van der Waals surface area contributed by atoms with E-state index in [1.807, 2.05) is 29.0 Å². The Balaban J connectivity index is 1.81. The molecule has 1 aliphatic rings. The Morgan fingerprint density at radius 1 is 1.41 bits per heavy atom. The molecule has 22 heavy (non-hydrogen) atoms. The van der Waals surface area contributed by atoms with E-state index in [4.69, 9.17) is 9.29 Å². The van der Waals surface area contributed by atoms with Crippen LogP contribution in [0.25, 0.3) is 0 Å². The maximum Gasteiger partial charge on any atom is 0.333 e. The highest BCUT2D eigenvalue weighted by Crippen LogP contribution is 2.26. The van der Waals surface area contributed by atoms with Crippen LogP contribution in [0.3, 0.4) is 0 Å². The van der Waals surface area contributed by atoms with Crippen molar-refractivity contribution in [3.05, 3.63) is 29.8 Å². The van der Waals surface area contributed by atoms with Crippen molar-refractivity contribution in [3.63, 3.8) is 0 Å². The Hall–Kier alpha value is -1.29. The number of hydrogen-bond donors (Lipinski definition) is 3. The maximum absolute atomic E-state index is 11.8. The second kappa shape index (κ2) is 7.32. The number of hydrogen-bond acceptors (Lipinski definition) is 5. The molecular formula is C13H18N2O5S2. The van der Waals surface area contributed by atoms with Crippen molar-refractivity contribution in [2.24, 2.45) is 0 Å². The fourth-order valence-electron chi connectivity index (χ4n) is 2.12. The van der Waals surface area contributed by atoms with Crippen LogP contribution in [0.5, 0.6) is 5.75 Å². The van der Waals surface area contributed by atoms with E-state index in [1.165, 1.54) is 11.8 Å². The Morgan fingerprint density at radius 3 is 2.68 bits per heavy atom. The molecule has 0 spiro atoms. The van der Waals surface area contributed by atoms with E-state index in [-0.39, 0.29) is 23.7 Å². The molecule has 1 aromatic carbocycles. The fourth-order valence-corrected chi connectivity index (χ4v) is 3.71. The molecule has 2 atom stereocenters. The van der Waals surface area contributed by atoms with E-state index in [0.717, 1.165) is 11.3 Å². The van der Waals surface area contributed by atoms with Gasteiger partial charge in [0, 0.05) is 18.3 Å². The lowest BCUT2D eigenvalue weighted by atomic mass is 10.2. The number of carbonyl (C=O) groups is 1. The number of ether oxygens (including phenoxy) is 1. The van der Waals surface area contributed by atoms with Gasteiger partial charge in [-0.2, -0.15) is 13.1 Å². The molecule has 0 saturated carbocycles. The zero-order chi connectivity index (χ0) is 16.2. The molecule has 1 fully saturated rings. The molecule has 1 aromatic rings. The third-order valence-electron chi connectivity index (χ3n) is 3.26. The lowest BCUT2D eigenvalue weighted by Crippen LogP contribution is -2.38. The van der Waals surface area contributed by atoms with Gasteiger partial charge in [-0.1, -0.05) is 12.1 Å². The Bertz CT molecular complexity index is 618. The number of thioether (sulfide) groups is 1. The van der Waals surface area contributed by atoms with E-state index < -0.39 is 10.3 Å². The van der Waals surface area contributed by atoms with Crippen molar-refractivity contribution in [1.29, 1.82) is 0 Å². The number of benzene rings is 1. The van der Waals surface area contributed by atoms with Gasteiger partial charge in [0.1, 0.15) is 5.75 Å². The van der Waals surface area contributed by atoms with Gasteiger partial charge in [-0.05, 0) is 24.1 Å². The molecule has 2 rings (SSSR count). The first kappa shape index (κ1) is 17.1. The monoisotopic (exact) mass is 346 g/mol. The first-order valence-corrected chi connectivity index (χ1v) is 9.13. The van der Waals surface area contributed by atoms with Crippen LogP contribution >= 0.6 is 11.8 Å². The predicted octanol–water partition coefficient (Wildman–Crippen LogP) is 0.578. The van der Waals surface area contributed by atoms with E-state index in [9.17, 15) is 13.2 Å². The molecule has 9 heteroatoms. The Kier molecular flexibility index (Phi) is 5.68. The Labute approximate surface area is 133 Å². The molecule has 3 N–H and O–H groups in total. The third-order valence-corrected chi connectivity index (χ3v) is 5.10. The van der Waals surface area contributed by atoms with Crippen LogP contribution in [0.4, 0.5) is 0 Å². The summed E-state index contributed by atoms with van der Waals surface area (Å²) >= 11 is 1.50. The molecule has 0 bridgehead atoms. The van der Waals surface area contributed by atoms with Crippen molar-refractivity contribution in [2.45, 2.75) is 23.5 Å². The molecule has 1 saturated heterocycles. The second-order valence-corrected chi connectivity index (χ2v) is 7.34. The van der Waals surface area contributed by atoms with Crippen molar-refractivity contribution in [3.8, 4) is 5.75 Å². The molecule has 1 heterocycles. The SMILES string of the molecule is COc1ccc(CS[C@H]2C[C@@H](CNS(=O)(=O)O)NC2=O)cc1. The van der Waals surface area contributed by atoms with Crippen LogP contribution < -0.4 is 14.8 Å². The van der Waals surface area contributed by atoms with Gasteiger partial charge in [0.15, 0.2) is 0 Å². The van der Waals surface area contributed by atoms with Gasteiger partial charge in [0.05, 0.1) is 12.4 Å². The lowest BCUT2D eigenvalue weighted by molar-refractivity contribution is -0.118. The van der Waals surface area contributed by atoms with Crippen LogP contribution in [-0.2, 0) is 20.9 Å². The molecular weight excluding hydrogens is 328 g/mol. The van der Waals surface area contributed by atoms with Crippen molar-refractivity contribution in [2.75, 3.05) is 13.7 Å². The normalized spacial score (nSPS) is 21.6.